The van der Waals surface area contributed by atoms with Gasteiger partial charge in [-0.15, -0.1) is 0 Å². The average molecular weight is 263 g/mol. The molecule has 0 atom stereocenters. The van der Waals surface area contributed by atoms with Gasteiger partial charge in [0.1, 0.15) is 0 Å². The third-order valence-corrected chi connectivity index (χ3v) is 3.71. The maximum atomic E-state index is 11.9. The first-order chi connectivity index (χ1) is 9.15. The number of carbonyl (C=O) groups is 1. The first kappa shape index (κ1) is 13.7. The summed E-state index contributed by atoms with van der Waals surface area (Å²) in [4.78, 5) is 14.1. The second kappa shape index (κ2) is 5.93. The predicted molar refractivity (Wildman–Crippen MR) is 76.3 cm³/mol. The number of rotatable bonds is 3. The van der Waals surface area contributed by atoms with E-state index >= 15 is 0 Å². The molecule has 2 rings (SSSR count). The second-order valence-corrected chi connectivity index (χ2v) is 4.97. The highest BCUT2D eigenvalue weighted by atomic mass is 16.3. The molecule has 1 aromatic carbocycles. The van der Waals surface area contributed by atoms with Crippen LogP contribution in [0.1, 0.15) is 23.2 Å². The van der Waals surface area contributed by atoms with Crippen molar-refractivity contribution in [2.45, 2.75) is 12.8 Å². The van der Waals surface area contributed by atoms with Crippen molar-refractivity contribution in [2.24, 2.45) is 5.92 Å². The largest absolute Gasteiger partial charge is 0.399 e. The molecular formula is C14H21N3O2. The molecule has 5 nitrogen and oxygen atoms in total. The third-order valence-electron chi connectivity index (χ3n) is 3.71. The van der Waals surface area contributed by atoms with Gasteiger partial charge in [-0.2, -0.15) is 0 Å². The monoisotopic (exact) mass is 263 g/mol. The summed E-state index contributed by atoms with van der Waals surface area (Å²) in [6.45, 7) is 1.93. The molecule has 1 amide bonds. The number of amides is 1. The maximum absolute atomic E-state index is 11.9. The van der Waals surface area contributed by atoms with Gasteiger partial charge in [0.15, 0.2) is 0 Å². The molecule has 0 aliphatic carbocycles. The molecule has 19 heavy (non-hydrogen) atoms. The van der Waals surface area contributed by atoms with Gasteiger partial charge in [-0.1, -0.05) is 0 Å². The van der Waals surface area contributed by atoms with Crippen LogP contribution in [-0.2, 0) is 0 Å². The Kier molecular flexibility index (Phi) is 4.27. The van der Waals surface area contributed by atoms with E-state index in [0.717, 1.165) is 31.6 Å². The van der Waals surface area contributed by atoms with Crippen LogP contribution in [-0.4, -0.2) is 37.8 Å². The predicted octanol–water partition coefficient (Wildman–Crippen LogP) is 0.837. The smallest absolute Gasteiger partial charge is 0.253 e. The molecule has 0 saturated carbocycles. The first-order valence-corrected chi connectivity index (χ1v) is 6.63. The number of anilines is 2. The van der Waals surface area contributed by atoms with Gasteiger partial charge in [0, 0.05) is 32.4 Å². The highest BCUT2D eigenvalue weighted by Crippen LogP contribution is 2.28. The second-order valence-electron chi connectivity index (χ2n) is 4.97. The molecule has 1 saturated heterocycles. The van der Waals surface area contributed by atoms with Gasteiger partial charge in [0.2, 0.25) is 0 Å². The average Bonchev–Trinajstić information content (AvgIpc) is 2.46. The number of nitrogen functional groups attached to an aromatic ring is 1. The van der Waals surface area contributed by atoms with Crippen LogP contribution in [0, 0.1) is 5.92 Å². The molecule has 5 heteroatoms. The molecule has 1 aromatic rings. The van der Waals surface area contributed by atoms with Crippen molar-refractivity contribution in [3.8, 4) is 0 Å². The van der Waals surface area contributed by atoms with E-state index in [9.17, 15) is 9.90 Å². The lowest BCUT2D eigenvalue weighted by molar-refractivity contribution is 0.0963. The zero-order valence-electron chi connectivity index (χ0n) is 11.2. The quantitative estimate of drug-likeness (QED) is 0.706. The van der Waals surface area contributed by atoms with E-state index in [1.54, 1.807) is 19.2 Å². The molecule has 0 radical (unpaired) electrons. The number of hydrogen-bond acceptors (Lipinski definition) is 4. The molecule has 0 spiro atoms. The number of benzene rings is 1. The highest BCUT2D eigenvalue weighted by molar-refractivity contribution is 6.00. The van der Waals surface area contributed by atoms with Gasteiger partial charge in [0.25, 0.3) is 5.91 Å². The van der Waals surface area contributed by atoms with Crippen LogP contribution in [0.3, 0.4) is 0 Å². The van der Waals surface area contributed by atoms with Gasteiger partial charge in [-0.25, -0.2) is 0 Å². The zero-order chi connectivity index (χ0) is 13.8. The Balaban J connectivity index is 2.23. The molecular weight excluding hydrogens is 242 g/mol. The molecule has 0 aromatic heterocycles. The van der Waals surface area contributed by atoms with E-state index < -0.39 is 0 Å². The molecule has 1 aliphatic heterocycles. The number of nitrogens with one attached hydrogen (secondary N) is 1. The Bertz CT molecular complexity index is 454. The van der Waals surface area contributed by atoms with Crippen LogP contribution in [0.15, 0.2) is 18.2 Å². The molecule has 104 valence electrons. The fourth-order valence-corrected chi connectivity index (χ4v) is 2.49. The Morgan fingerprint density at radius 1 is 1.47 bits per heavy atom. The highest BCUT2D eigenvalue weighted by Gasteiger charge is 2.22. The number of hydrogen-bond donors (Lipinski definition) is 3. The van der Waals surface area contributed by atoms with E-state index in [4.69, 9.17) is 5.73 Å². The number of nitrogens with zero attached hydrogens (tertiary/aromatic N) is 1. The lowest BCUT2D eigenvalue weighted by Gasteiger charge is -2.34. The number of aliphatic hydroxyl groups is 1. The summed E-state index contributed by atoms with van der Waals surface area (Å²) in [7, 11) is 1.63. The normalized spacial score (nSPS) is 16.4. The first-order valence-electron chi connectivity index (χ1n) is 6.63. The van der Waals surface area contributed by atoms with E-state index in [2.05, 4.69) is 10.2 Å². The topological polar surface area (TPSA) is 78.6 Å². The van der Waals surface area contributed by atoms with Crippen LogP contribution in [0.5, 0.6) is 0 Å². The van der Waals surface area contributed by atoms with Gasteiger partial charge in [0.05, 0.1) is 11.3 Å². The summed E-state index contributed by atoms with van der Waals surface area (Å²) in [6, 6.07) is 5.36. The minimum atomic E-state index is -0.0979. The number of aliphatic hydroxyl groups excluding tert-OH is 1. The summed E-state index contributed by atoms with van der Waals surface area (Å²) in [6.07, 6.45) is 1.89. The van der Waals surface area contributed by atoms with Crippen LogP contribution in [0.4, 0.5) is 11.4 Å². The maximum Gasteiger partial charge on any atom is 0.253 e. The van der Waals surface area contributed by atoms with Crippen LogP contribution in [0.25, 0.3) is 0 Å². The molecule has 1 aliphatic rings. The van der Waals surface area contributed by atoms with E-state index in [-0.39, 0.29) is 12.5 Å². The van der Waals surface area contributed by atoms with Crippen LogP contribution < -0.4 is 16.0 Å². The number of nitrogens with two attached hydrogens (primary N) is 1. The summed E-state index contributed by atoms with van der Waals surface area (Å²) < 4.78 is 0. The van der Waals surface area contributed by atoms with Crippen molar-refractivity contribution in [2.75, 3.05) is 37.4 Å². The van der Waals surface area contributed by atoms with Crippen molar-refractivity contribution in [3.63, 3.8) is 0 Å². The molecule has 1 heterocycles. The summed E-state index contributed by atoms with van der Waals surface area (Å²) in [5.74, 6) is 0.278. The van der Waals surface area contributed by atoms with Crippen molar-refractivity contribution in [3.05, 3.63) is 23.8 Å². The number of carbonyl (C=O) groups excluding carboxylic acids is 1. The lowest BCUT2D eigenvalue weighted by atomic mass is 9.96. The Morgan fingerprint density at radius 3 is 2.74 bits per heavy atom. The Morgan fingerprint density at radius 2 is 2.16 bits per heavy atom. The van der Waals surface area contributed by atoms with Gasteiger partial charge in [-0.05, 0) is 37.0 Å². The molecule has 0 bridgehead atoms. The van der Waals surface area contributed by atoms with Crippen LogP contribution >= 0.6 is 0 Å². The lowest BCUT2D eigenvalue weighted by Crippen LogP contribution is -2.36. The van der Waals surface area contributed by atoms with E-state index in [1.807, 2.05) is 6.07 Å². The summed E-state index contributed by atoms with van der Waals surface area (Å²) >= 11 is 0. The Labute approximate surface area is 113 Å². The van der Waals surface area contributed by atoms with Gasteiger partial charge < -0.3 is 21.1 Å². The standard InChI is InChI=1S/C14H21N3O2/c1-16-14(19)12-3-2-11(15)8-13(12)17-6-4-10(9-18)5-7-17/h2-3,8,10,18H,4-7,9,15H2,1H3,(H,16,19). The van der Waals surface area contributed by atoms with Crippen molar-refractivity contribution >= 4 is 17.3 Å². The fourth-order valence-electron chi connectivity index (χ4n) is 2.49. The zero-order valence-corrected chi connectivity index (χ0v) is 11.2. The van der Waals surface area contributed by atoms with Gasteiger partial charge >= 0.3 is 0 Å². The SMILES string of the molecule is CNC(=O)c1ccc(N)cc1N1CCC(CO)CC1. The third kappa shape index (κ3) is 2.98. The minimum Gasteiger partial charge on any atom is -0.399 e. The fraction of sp³-hybridized carbons (Fsp3) is 0.500. The van der Waals surface area contributed by atoms with E-state index in [1.165, 1.54) is 0 Å². The molecule has 1 fully saturated rings. The Hall–Kier alpha value is -1.75. The number of piperidine rings is 1. The summed E-state index contributed by atoms with van der Waals surface area (Å²) in [5, 5.41) is 11.8. The molecule has 0 unspecified atom stereocenters. The molecule has 4 N–H and O–H groups in total. The van der Waals surface area contributed by atoms with Crippen molar-refractivity contribution in [1.29, 1.82) is 0 Å². The minimum absolute atomic E-state index is 0.0979. The van der Waals surface area contributed by atoms with Crippen molar-refractivity contribution < 1.29 is 9.90 Å². The van der Waals surface area contributed by atoms with E-state index in [0.29, 0.717) is 17.2 Å². The summed E-state index contributed by atoms with van der Waals surface area (Å²) in [5.41, 5.74) is 8.03. The van der Waals surface area contributed by atoms with Crippen LogP contribution in [0.2, 0.25) is 0 Å². The van der Waals surface area contributed by atoms with Gasteiger partial charge in [-0.3, -0.25) is 4.79 Å². The van der Waals surface area contributed by atoms with Crippen molar-refractivity contribution in [1.82, 2.24) is 5.32 Å².